The number of nitrogens with zero attached hydrogens (tertiary/aromatic N) is 1. The minimum Gasteiger partial charge on any atom is -0.376 e. The van der Waals surface area contributed by atoms with E-state index in [9.17, 15) is 9.59 Å². The fourth-order valence-electron chi connectivity index (χ4n) is 3.90. The lowest BCUT2D eigenvalue weighted by atomic mass is 9.88. The first kappa shape index (κ1) is 20.1. The summed E-state index contributed by atoms with van der Waals surface area (Å²) in [5.41, 5.74) is 0.715. The predicted molar refractivity (Wildman–Crippen MR) is 107 cm³/mol. The first-order chi connectivity index (χ1) is 13.1. The third-order valence-corrected chi connectivity index (χ3v) is 6.33. The summed E-state index contributed by atoms with van der Waals surface area (Å²) in [5.74, 6) is 0.603. The minimum absolute atomic E-state index is 0.0201. The highest BCUT2D eigenvalue weighted by Crippen LogP contribution is 2.26. The van der Waals surface area contributed by atoms with Crippen LogP contribution in [0.15, 0.2) is 16.8 Å². The van der Waals surface area contributed by atoms with Gasteiger partial charge in [0.15, 0.2) is 0 Å². The fraction of sp³-hybridized carbons (Fsp3) is 0.700. The number of nitrogens with one attached hydrogen (secondary N) is 2. The van der Waals surface area contributed by atoms with Crippen LogP contribution < -0.4 is 10.6 Å². The molecule has 2 fully saturated rings. The number of carbonyl (C=O) groups excluding carboxylic acids is 2. The van der Waals surface area contributed by atoms with Gasteiger partial charge >= 0.3 is 6.03 Å². The van der Waals surface area contributed by atoms with Crippen molar-refractivity contribution in [1.29, 1.82) is 0 Å². The Morgan fingerprint density at radius 3 is 2.70 bits per heavy atom. The molecule has 150 valence electrons. The highest BCUT2D eigenvalue weighted by Gasteiger charge is 2.25. The number of rotatable bonds is 6. The van der Waals surface area contributed by atoms with E-state index in [1.54, 1.807) is 0 Å². The zero-order valence-electron chi connectivity index (χ0n) is 16.1. The molecule has 0 bridgehead atoms. The van der Waals surface area contributed by atoms with Crippen molar-refractivity contribution in [2.75, 3.05) is 26.2 Å². The number of hydrogen-bond donors (Lipinski definition) is 2. The van der Waals surface area contributed by atoms with Crippen molar-refractivity contribution in [3.63, 3.8) is 0 Å². The zero-order valence-corrected chi connectivity index (χ0v) is 16.9. The topological polar surface area (TPSA) is 70.7 Å². The highest BCUT2D eigenvalue weighted by molar-refractivity contribution is 7.08. The van der Waals surface area contributed by atoms with Crippen LogP contribution in [0, 0.1) is 5.92 Å². The molecule has 7 heteroatoms. The van der Waals surface area contributed by atoms with Gasteiger partial charge in [-0.25, -0.2) is 4.79 Å². The maximum atomic E-state index is 12.3. The molecule has 1 aromatic heterocycles. The molecule has 0 aromatic carbocycles. The molecule has 2 N–H and O–H groups in total. The molecule has 3 rings (SSSR count). The average Bonchev–Trinajstić information content (AvgIpc) is 3.22. The average molecular weight is 394 g/mol. The van der Waals surface area contributed by atoms with Crippen molar-refractivity contribution in [2.45, 2.75) is 57.6 Å². The monoisotopic (exact) mass is 393 g/mol. The lowest BCUT2D eigenvalue weighted by Crippen LogP contribution is -2.50. The number of likely N-dealkylation sites (tertiary alicyclic amines) is 1. The number of urea groups is 1. The smallest absolute Gasteiger partial charge is 0.317 e. The van der Waals surface area contributed by atoms with Crippen molar-refractivity contribution in [3.05, 3.63) is 22.4 Å². The van der Waals surface area contributed by atoms with Gasteiger partial charge in [0.05, 0.1) is 12.7 Å². The third kappa shape index (κ3) is 5.94. The summed E-state index contributed by atoms with van der Waals surface area (Å²) in [6.45, 7) is 4.72. The van der Waals surface area contributed by atoms with E-state index in [-0.39, 0.29) is 18.0 Å². The number of ether oxygens (including phenoxy) is 1. The Balaban J connectivity index is 1.29. The van der Waals surface area contributed by atoms with Crippen LogP contribution >= 0.6 is 11.3 Å². The molecule has 3 amide bonds. The molecule has 2 heterocycles. The molecule has 0 spiro atoms. The first-order valence-electron chi connectivity index (χ1n) is 10.1. The SMILES string of the molecule is CC1CCCCC1OCCNC(=O)N1CCC(NC(=O)c2ccsc2)CC1. The van der Waals surface area contributed by atoms with Crippen LogP contribution in [0.5, 0.6) is 0 Å². The Morgan fingerprint density at radius 1 is 1.22 bits per heavy atom. The van der Waals surface area contributed by atoms with E-state index in [1.807, 2.05) is 21.7 Å². The van der Waals surface area contributed by atoms with Crippen LogP contribution in [0.2, 0.25) is 0 Å². The highest BCUT2D eigenvalue weighted by atomic mass is 32.1. The molecule has 0 radical (unpaired) electrons. The van der Waals surface area contributed by atoms with Crippen molar-refractivity contribution >= 4 is 23.3 Å². The molecule has 1 aliphatic heterocycles. The van der Waals surface area contributed by atoms with Crippen molar-refractivity contribution in [3.8, 4) is 0 Å². The molecule has 2 unspecified atom stereocenters. The van der Waals surface area contributed by atoms with Gasteiger partial charge in [-0.15, -0.1) is 0 Å². The van der Waals surface area contributed by atoms with E-state index >= 15 is 0 Å². The second kappa shape index (κ2) is 10.1. The van der Waals surface area contributed by atoms with Gasteiger partial charge < -0.3 is 20.3 Å². The maximum Gasteiger partial charge on any atom is 0.317 e. The lowest BCUT2D eigenvalue weighted by molar-refractivity contribution is -0.00277. The third-order valence-electron chi connectivity index (χ3n) is 5.64. The fourth-order valence-corrected chi connectivity index (χ4v) is 4.54. The quantitative estimate of drug-likeness (QED) is 0.729. The van der Waals surface area contributed by atoms with Gasteiger partial charge in [0.1, 0.15) is 0 Å². The van der Waals surface area contributed by atoms with Crippen LogP contribution in [-0.4, -0.2) is 55.2 Å². The molecule has 1 aromatic rings. The Labute approximate surface area is 165 Å². The van der Waals surface area contributed by atoms with E-state index in [0.717, 1.165) is 19.3 Å². The van der Waals surface area contributed by atoms with Gasteiger partial charge in [0, 0.05) is 36.6 Å². The van der Waals surface area contributed by atoms with Crippen molar-refractivity contribution < 1.29 is 14.3 Å². The summed E-state index contributed by atoms with van der Waals surface area (Å²) >= 11 is 1.52. The molecular weight excluding hydrogens is 362 g/mol. The number of hydrogen-bond acceptors (Lipinski definition) is 4. The second-order valence-electron chi connectivity index (χ2n) is 7.65. The largest absolute Gasteiger partial charge is 0.376 e. The van der Waals surface area contributed by atoms with E-state index in [4.69, 9.17) is 4.74 Å². The summed E-state index contributed by atoms with van der Waals surface area (Å²) < 4.78 is 5.95. The van der Waals surface area contributed by atoms with Crippen LogP contribution in [0.1, 0.15) is 55.8 Å². The van der Waals surface area contributed by atoms with Crippen LogP contribution in [0.4, 0.5) is 4.79 Å². The Hall–Kier alpha value is -1.60. The van der Waals surface area contributed by atoms with E-state index in [2.05, 4.69) is 17.6 Å². The van der Waals surface area contributed by atoms with Crippen molar-refractivity contribution in [1.82, 2.24) is 15.5 Å². The van der Waals surface area contributed by atoms with Crippen molar-refractivity contribution in [2.24, 2.45) is 5.92 Å². The molecule has 2 aliphatic rings. The number of piperidine rings is 1. The van der Waals surface area contributed by atoms with Gasteiger partial charge in [-0.2, -0.15) is 11.3 Å². The normalized spacial score (nSPS) is 23.8. The van der Waals surface area contributed by atoms with Gasteiger partial charge in [-0.1, -0.05) is 19.8 Å². The predicted octanol–water partition coefficient (Wildman–Crippen LogP) is 3.25. The molecule has 1 saturated carbocycles. The minimum atomic E-state index is -0.0297. The summed E-state index contributed by atoms with van der Waals surface area (Å²) in [5, 5.41) is 9.78. The molecular formula is C20H31N3O3S. The standard InChI is InChI=1S/C20H31N3O3S/c1-15-4-2-3-5-18(15)26-12-9-21-20(25)23-10-6-17(7-11-23)22-19(24)16-8-13-27-14-16/h8,13-15,17-18H,2-7,9-12H2,1H3,(H,21,25)(H,22,24). The Bertz CT molecular complexity index is 600. The molecule has 6 nitrogen and oxygen atoms in total. The van der Waals surface area contributed by atoms with Crippen LogP contribution in [0.25, 0.3) is 0 Å². The van der Waals surface area contributed by atoms with Crippen LogP contribution in [0.3, 0.4) is 0 Å². The zero-order chi connectivity index (χ0) is 19.1. The number of amides is 3. The molecule has 27 heavy (non-hydrogen) atoms. The second-order valence-corrected chi connectivity index (χ2v) is 8.43. The summed E-state index contributed by atoms with van der Waals surface area (Å²) in [6, 6.07) is 1.94. The van der Waals surface area contributed by atoms with E-state index in [0.29, 0.717) is 43.8 Å². The summed E-state index contributed by atoms with van der Waals surface area (Å²) in [7, 11) is 0. The van der Waals surface area contributed by atoms with Gasteiger partial charge in [0.2, 0.25) is 0 Å². The van der Waals surface area contributed by atoms with E-state index < -0.39 is 0 Å². The molecule has 1 saturated heterocycles. The van der Waals surface area contributed by atoms with E-state index in [1.165, 1.54) is 30.6 Å². The van der Waals surface area contributed by atoms with Gasteiger partial charge in [-0.3, -0.25) is 4.79 Å². The Kier molecular flexibility index (Phi) is 7.52. The Morgan fingerprint density at radius 2 is 2.00 bits per heavy atom. The number of thiophene rings is 1. The van der Waals surface area contributed by atoms with Gasteiger partial charge in [-0.05, 0) is 43.0 Å². The first-order valence-corrected chi connectivity index (χ1v) is 11.0. The lowest BCUT2D eigenvalue weighted by Gasteiger charge is -2.32. The molecule has 1 aliphatic carbocycles. The number of carbonyl (C=O) groups is 2. The molecule has 2 atom stereocenters. The van der Waals surface area contributed by atoms with Crippen LogP contribution in [-0.2, 0) is 4.74 Å². The maximum absolute atomic E-state index is 12.3. The summed E-state index contributed by atoms with van der Waals surface area (Å²) in [4.78, 5) is 26.2. The summed E-state index contributed by atoms with van der Waals surface area (Å²) in [6.07, 6.45) is 6.87. The van der Waals surface area contributed by atoms with Gasteiger partial charge in [0.25, 0.3) is 5.91 Å².